The maximum absolute atomic E-state index is 13.6. The van der Waals surface area contributed by atoms with Crippen molar-refractivity contribution < 1.29 is 12.8 Å². The van der Waals surface area contributed by atoms with E-state index >= 15 is 0 Å². The van der Waals surface area contributed by atoms with Crippen LogP contribution in [0, 0.1) is 5.82 Å². The molecule has 0 saturated carbocycles. The number of rotatable bonds is 3. The Kier molecular flexibility index (Phi) is 3.65. The van der Waals surface area contributed by atoms with Gasteiger partial charge in [0, 0.05) is 12.2 Å². The first-order valence-corrected chi connectivity index (χ1v) is 8.14. The van der Waals surface area contributed by atoms with Crippen molar-refractivity contribution >= 4 is 15.7 Å². The molecule has 0 aliphatic carbocycles. The van der Waals surface area contributed by atoms with Crippen LogP contribution in [0.2, 0.25) is 0 Å². The molecule has 4 nitrogen and oxygen atoms in total. The molecule has 0 unspecified atom stereocenters. The Balaban J connectivity index is 1.91. The maximum Gasteiger partial charge on any atom is 0.264 e. The molecule has 0 saturated heterocycles. The van der Waals surface area contributed by atoms with Crippen LogP contribution in [0.25, 0.3) is 0 Å². The molecule has 0 amide bonds. The Hall–Kier alpha value is -1.92. The molecule has 0 atom stereocenters. The topological polar surface area (TPSA) is 58.2 Å². The first kappa shape index (κ1) is 14.0. The van der Waals surface area contributed by atoms with Gasteiger partial charge in [0.25, 0.3) is 10.0 Å². The lowest BCUT2D eigenvalue weighted by molar-refractivity contribution is 0.570. The van der Waals surface area contributed by atoms with E-state index in [9.17, 15) is 12.8 Å². The molecule has 2 aromatic carbocycles. The van der Waals surface area contributed by atoms with E-state index in [4.69, 9.17) is 0 Å². The van der Waals surface area contributed by atoms with Crippen LogP contribution in [0.1, 0.15) is 11.1 Å². The number of anilines is 1. The summed E-state index contributed by atoms with van der Waals surface area (Å²) in [6.07, 6.45) is 0.926. The van der Waals surface area contributed by atoms with Gasteiger partial charge in [0.2, 0.25) is 0 Å². The van der Waals surface area contributed by atoms with E-state index < -0.39 is 15.8 Å². The summed E-state index contributed by atoms with van der Waals surface area (Å²) in [6.45, 7) is 1.64. The molecular weight excluding hydrogens is 291 g/mol. The second-order valence-corrected chi connectivity index (χ2v) is 6.60. The number of halogens is 1. The van der Waals surface area contributed by atoms with Crippen LogP contribution in [0.3, 0.4) is 0 Å². The molecule has 6 heteroatoms. The van der Waals surface area contributed by atoms with Crippen LogP contribution in [0.15, 0.2) is 47.4 Å². The van der Waals surface area contributed by atoms with Crippen LogP contribution in [0.4, 0.5) is 10.1 Å². The van der Waals surface area contributed by atoms with Crippen molar-refractivity contribution in [3.63, 3.8) is 0 Å². The van der Waals surface area contributed by atoms with Crippen molar-refractivity contribution in [2.24, 2.45) is 0 Å². The minimum atomic E-state index is -3.92. The molecule has 1 aliphatic rings. The lowest BCUT2D eigenvalue weighted by Crippen LogP contribution is -2.24. The Morgan fingerprint density at radius 3 is 2.71 bits per heavy atom. The standard InChI is InChI=1S/C15H15FN2O2S/c16-14-3-1-2-4-15(14)21(19,20)18-13-6-5-11-7-8-17-10-12(11)9-13/h1-6,9,17-18H,7-8,10H2. The third-order valence-corrected chi connectivity index (χ3v) is 4.89. The molecule has 2 N–H and O–H groups in total. The van der Waals surface area contributed by atoms with E-state index in [1.807, 2.05) is 6.07 Å². The van der Waals surface area contributed by atoms with E-state index in [1.165, 1.54) is 23.8 Å². The molecule has 21 heavy (non-hydrogen) atoms. The molecular formula is C15H15FN2O2S. The fourth-order valence-corrected chi connectivity index (χ4v) is 3.55. The Morgan fingerprint density at radius 1 is 1.10 bits per heavy atom. The highest BCUT2D eigenvalue weighted by molar-refractivity contribution is 7.92. The van der Waals surface area contributed by atoms with Gasteiger partial charge in [-0.2, -0.15) is 0 Å². The summed E-state index contributed by atoms with van der Waals surface area (Å²) in [4.78, 5) is -0.346. The maximum atomic E-state index is 13.6. The lowest BCUT2D eigenvalue weighted by Gasteiger charge is -2.18. The lowest BCUT2D eigenvalue weighted by atomic mass is 10.0. The van der Waals surface area contributed by atoms with Gasteiger partial charge in [0.15, 0.2) is 0 Å². The fraction of sp³-hybridized carbons (Fsp3) is 0.200. The summed E-state index contributed by atoms with van der Waals surface area (Å²) in [5, 5.41) is 3.23. The highest BCUT2D eigenvalue weighted by atomic mass is 32.2. The molecule has 0 spiro atoms. The minimum absolute atomic E-state index is 0.346. The molecule has 3 rings (SSSR count). The second-order valence-electron chi connectivity index (χ2n) is 4.95. The molecule has 110 valence electrons. The van der Waals surface area contributed by atoms with Gasteiger partial charge in [-0.15, -0.1) is 0 Å². The summed E-state index contributed by atoms with van der Waals surface area (Å²) in [5.74, 6) is -0.760. The Bertz CT molecular complexity index is 775. The van der Waals surface area contributed by atoms with Crippen molar-refractivity contribution in [1.29, 1.82) is 0 Å². The van der Waals surface area contributed by atoms with Gasteiger partial charge >= 0.3 is 0 Å². The summed E-state index contributed by atoms with van der Waals surface area (Å²) < 4.78 is 40.5. The highest BCUT2D eigenvalue weighted by Crippen LogP contribution is 2.22. The SMILES string of the molecule is O=S(=O)(Nc1ccc2c(c1)CNCC2)c1ccccc1F. The number of nitrogens with one attached hydrogen (secondary N) is 2. The Labute approximate surface area is 123 Å². The predicted molar refractivity (Wildman–Crippen MR) is 79.1 cm³/mol. The van der Waals surface area contributed by atoms with E-state index in [1.54, 1.807) is 12.1 Å². The van der Waals surface area contributed by atoms with Crippen molar-refractivity contribution in [1.82, 2.24) is 5.32 Å². The monoisotopic (exact) mass is 306 g/mol. The van der Waals surface area contributed by atoms with Crippen LogP contribution in [-0.4, -0.2) is 15.0 Å². The summed E-state index contributed by atoms with van der Waals surface area (Å²) in [7, 11) is -3.92. The van der Waals surface area contributed by atoms with Crippen LogP contribution < -0.4 is 10.0 Å². The van der Waals surface area contributed by atoms with E-state index in [0.717, 1.165) is 24.6 Å². The molecule has 0 radical (unpaired) electrons. The normalized spacial score (nSPS) is 14.5. The molecule has 0 bridgehead atoms. The number of hydrogen-bond donors (Lipinski definition) is 2. The number of fused-ring (bicyclic) bond motifs is 1. The number of hydrogen-bond acceptors (Lipinski definition) is 3. The van der Waals surface area contributed by atoms with Crippen LogP contribution in [0.5, 0.6) is 0 Å². The van der Waals surface area contributed by atoms with Crippen molar-refractivity contribution in [2.75, 3.05) is 11.3 Å². The first-order valence-electron chi connectivity index (χ1n) is 6.66. The quantitative estimate of drug-likeness (QED) is 0.914. The summed E-state index contributed by atoms with van der Waals surface area (Å²) in [5.41, 5.74) is 2.72. The fourth-order valence-electron chi connectivity index (χ4n) is 2.42. The third-order valence-electron chi connectivity index (χ3n) is 3.47. The largest absolute Gasteiger partial charge is 0.312 e. The zero-order valence-corrected chi connectivity index (χ0v) is 12.1. The molecule has 1 heterocycles. The smallest absolute Gasteiger partial charge is 0.264 e. The van der Waals surface area contributed by atoms with Gasteiger partial charge in [-0.3, -0.25) is 4.72 Å². The number of sulfonamides is 1. The zero-order chi connectivity index (χ0) is 14.9. The van der Waals surface area contributed by atoms with Gasteiger partial charge < -0.3 is 5.32 Å². The van der Waals surface area contributed by atoms with Crippen LogP contribution >= 0.6 is 0 Å². The van der Waals surface area contributed by atoms with Gasteiger partial charge in [0.1, 0.15) is 10.7 Å². The highest BCUT2D eigenvalue weighted by Gasteiger charge is 2.19. The molecule has 0 fully saturated rings. The van der Waals surface area contributed by atoms with Gasteiger partial charge in [0.05, 0.1) is 0 Å². The second kappa shape index (κ2) is 5.46. The van der Waals surface area contributed by atoms with E-state index in [-0.39, 0.29) is 4.90 Å². The number of benzene rings is 2. The van der Waals surface area contributed by atoms with Gasteiger partial charge in [-0.05, 0) is 48.4 Å². The summed E-state index contributed by atoms with van der Waals surface area (Å²) >= 11 is 0. The predicted octanol–water partition coefficient (Wildman–Crippen LogP) is 2.27. The average molecular weight is 306 g/mol. The van der Waals surface area contributed by atoms with Crippen LogP contribution in [-0.2, 0) is 23.0 Å². The molecule has 2 aromatic rings. The minimum Gasteiger partial charge on any atom is -0.312 e. The van der Waals surface area contributed by atoms with Crippen molar-refractivity contribution in [3.8, 4) is 0 Å². The Morgan fingerprint density at radius 2 is 1.90 bits per heavy atom. The first-order chi connectivity index (χ1) is 10.1. The van der Waals surface area contributed by atoms with Gasteiger partial charge in [-0.25, -0.2) is 12.8 Å². The zero-order valence-electron chi connectivity index (χ0n) is 11.3. The van der Waals surface area contributed by atoms with E-state index in [0.29, 0.717) is 12.2 Å². The average Bonchev–Trinajstić information content (AvgIpc) is 2.47. The summed E-state index contributed by atoms with van der Waals surface area (Å²) in [6, 6.07) is 10.7. The van der Waals surface area contributed by atoms with E-state index in [2.05, 4.69) is 10.0 Å². The molecule has 1 aliphatic heterocycles. The third kappa shape index (κ3) is 2.91. The molecule has 0 aromatic heterocycles. The van der Waals surface area contributed by atoms with Crippen molar-refractivity contribution in [3.05, 3.63) is 59.4 Å². The van der Waals surface area contributed by atoms with Gasteiger partial charge in [-0.1, -0.05) is 18.2 Å². The van der Waals surface area contributed by atoms with Crippen molar-refractivity contribution in [2.45, 2.75) is 17.9 Å².